The number of nitrogens with zero attached hydrogens (tertiary/aromatic N) is 4. The summed E-state index contributed by atoms with van der Waals surface area (Å²) in [5.74, 6) is 0.374. The fourth-order valence-corrected chi connectivity index (χ4v) is 2.86. The highest BCUT2D eigenvalue weighted by Gasteiger charge is 2.22. The maximum atomic E-state index is 12.5. The zero-order valence-electron chi connectivity index (χ0n) is 15.0. The molecule has 2 aromatic rings. The van der Waals surface area contributed by atoms with Crippen LogP contribution in [0.2, 0.25) is 0 Å². The van der Waals surface area contributed by atoms with Crippen molar-refractivity contribution in [1.82, 2.24) is 20.0 Å². The van der Waals surface area contributed by atoms with Gasteiger partial charge in [-0.05, 0) is 18.6 Å². The SMILES string of the molecule is CCOc1ccc(C(=O)N2CCN(C/C=C/c3ccccc3)CC2)nn1. The van der Waals surface area contributed by atoms with Crippen molar-refractivity contribution < 1.29 is 9.53 Å². The van der Waals surface area contributed by atoms with E-state index >= 15 is 0 Å². The van der Waals surface area contributed by atoms with Crippen LogP contribution in [-0.4, -0.2) is 65.2 Å². The standard InChI is InChI=1S/C20H24N4O2/c1-2-26-19-11-10-18(21-22-19)20(25)24-15-13-23(14-16-24)12-6-9-17-7-4-3-5-8-17/h3-11H,2,12-16H2,1H3/b9-6+. The van der Waals surface area contributed by atoms with Crippen molar-refractivity contribution in [3.05, 3.63) is 59.8 Å². The van der Waals surface area contributed by atoms with Crippen LogP contribution in [0, 0.1) is 0 Å². The molecule has 1 aromatic carbocycles. The van der Waals surface area contributed by atoms with Gasteiger partial charge < -0.3 is 9.64 Å². The topological polar surface area (TPSA) is 58.6 Å². The monoisotopic (exact) mass is 352 g/mol. The molecule has 0 atom stereocenters. The number of hydrogen-bond acceptors (Lipinski definition) is 5. The van der Waals surface area contributed by atoms with E-state index in [0.717, 1.165) is 19.6 Å². The lowest BCUT2D eigenvalue weighted by Gasteiger charge is -2.33. The summed E-state index contributed by atoms with van der Waals surface area (Å²) in [6.07, 6.45) is 4.30. The molecule has 26 heavy (non-hydrogen) atoms. The molecule has 0 N–H and O–H groups in total. The van der Waals surface area contributed by atoms with Gasteiger partial charge in [-0.3, -0.25) is 9.69 Å². The third-order valence-corrected chi connectivity index (χ3v) is 4.28. The van der Waals surface area contributed by atoms with E-state index in [4.69, 9.17) is 4.74 Å². The third kappa shape index (κ3) is 4.89. The third-order valence-electron chi connectivity index (χ3n) is 4.28. The van der Waals surface area contributed by atoms with Gasteiger partial charge in [-0.2, -0.15) is 0 Å². The van der Waals surface area contributed by atoms with Crippen LogP contribution in [0.4, 0.5) is 0 Å². The van der Waals surface area contributed by atoms with Gasteiger partial charge in [0.25, 0.3) is 5.91 Å². The Bertz CT molecular complexity index is 723. The fourth-order valence-electron chi connectivity index (χ4n) is 2.86. The first-order valence-corrected chi connectivity index (χ1v) is 8.96. The number of carbonyl (C=O) groups excluding carboxylic acids is 1. The first-order chi connectivity index (χ1) is 12.8. The largest absolute Gasteiger partial charge is 0.477 e. The molecule has 0 bridgehead atoms. The average molecular weight is 352 g/mol. The van der Waals surface area contributed by atoms with E-state index in [9.17, 15) is 4.79 Å². The van der Waals surface area contributed by atoms with Gasteiger partial charge in [0, 0.05) is 38.8 Å². The summed E-state index contributed by atoms with van der Waals surface area (Å²) in [5.41, 5.74) is 1.57. The predicted octanol–water partition coefficient (Wildman–Crippen LogP) is 2.35. The molecule has 1 fully saturated rings. The summed E-state index contributed by atoms with van der Waals surface area (Å²) in [5, 5.41) is 7.91. The molecule has 0 saturated carbocycles. The Morgan fingerprint density at radius 3 is 2.50 bits per heavy atom. The Kier molecular flexibility index (Phi) is 6.33. The number of piperazine rings is 1. The van der Waals surface area contributed by atoms with Crippen molar-refractivity contribution in [1.29, 1.82) is 0 Å². The van der Waals surface area contributed by atoms with Crippen LogP contribution in [0.5, 0.6) is 5.88 Å². The second-order valence-corrected chi connectivity index (χ2v) is 6.10. The lowest BCUT2D eigenvalue weighted by molar-refractivity contribution is 0.0643. The summed E-state index contributed by atoms with van der Waals surface area (Å²) in [4.78, 5) is 16.7. The Labute approximate surface area is 154 Å². The van der Waals surface area contributed by atoms with Gasteiger partial charge in [0.15, 0.2) is 5.69 Å². The van der Waals surface area contributed by atoms with Crippen molar-refractivity contribution in [2.75, 3.05) is 39.3 Å². The molecule has 0 radical (unpaired) electrons. The molecular weight excluding hydrogens is 328 g/mol. The molecule has 1 aromatic heterocycles. The van der Waals surface area contributed by atoms with Gasteiger partial charge in [-0.1, -0.05) is 42.5 Å². The molecule has 6 heteroatoms. The van der Waals surface area contributed by atoms with Crippen LogP contribution in [0.15, 0.2) is 48.5 Å². The van der Waals surface area contributed by atoms with Gasteiger partial charge in [0.05, 0.1) is 6.61 Å². The molecule has 1 amide bonds. The summed E-state index contributed by atoms with van der Waals surface area (Å²) in [6, 6.07) is 13.6. The highest BCUT2D eigenvalue weighted by molar-refractivity contribution is 5.92. The van der Waals surface area contributed by atoms with Crippen molar-refractivity contribution in [2.24, 2.45) is 0 Å². The molecule has 0 spiro atoms. The number of rotatable bonds is 6. The van der Waals surface area contributed by atoms with E-state index in [1.54, 1.807) is 12.1 Å². The maximum Gasteiger partial charge on any atom is 0.274 e. The Hall–Kier alpha value is -2.73. The second kappa shape index (κ2) is 9.10. The van der Waals surface area contributed by atoms with Crippen molar-refractivity contribution >= 4 is 12.0 Å². The fraction of sp³-hybridized carbons (Fsp3) is 0.350. The van der Waals surface area contributed by atoms with E-state index in [1.807, 2.05) is 30.0 Å². The number of ether oxygens (including phenoxy) is 1. The van der Waals surface area contributed by atoms with Crippen molar-refractivity contribution in [2.45, 2.75) is 6.92 Å². The van der Waals surface area contributed by atoms with Crippen molar-refractivity contribution in [3.63, 3.8) is 0 Å². The molecule has 1 aliphatic heterocycles. The molecule has 2 heterocycles. The quantitative estimate of drug-likeness (QED) is 0.799. The number of amides is 1. The van der Waals surface area contributed by atoms with E-state index in [-0.39, 0.29) is 5.91 Å². The highest BCUT2D eigenvalue weighted by atomic mass is 16.5. The minimum atomic E-state index is -0.0694. The zero-order valence-corrected chi connectivity index (χ0v) is 15.0. The first-order valence-electron chi connectivity index (χ1n) is 8.96. The molecule has 136 valence electrons. The summed E-state index contributed by atoms with van der Waals surface area (Å²) in [6.45, 7) is 6.42. The Balaban J connectivity index is 1.47. The number of aromatic nitrogens is 2. The van der Waals surface area contributed by atoms with Crippen LogP contribution < -0.4 is 4.74 Å². The normalized spacial score (nSPS) is 15.3. The van der Waals surface area contributed by atoms with Gasteiger partial charge in [-0.15, -0.1) is 10.2 Å². The second-order valence-electron chi connectivity index (χ2n) is 6.10. The van der Waals surface area contributed by atoms with Gasteiger partial charge in [0.2, 0.25) is 5.88 Å². The average Bonchev–Trinajstić information content (AvgIpc) is 2.70. The first kappa shape index (κ1) is 18.1. The van der Waals surface area contributed by atoms with Crippen LogP contribution in [0.25, 0.3) is 6.08 Å². The molecule has 1 aliphatic rings. The molecule has 3 rings (SSSR count). The van der Waals surface area contributed by atoms with E-state index in [1.165, 1.54) is 5.56 Å². The minimum Gasteiger partial charge on any atom is -0.477 e. The molecular formula is C20H24N4O2. The van der Waals surface area contributed by atoms with Crippen LogP contribution in [0.3, 0.4) is 0 Å². The van der Waals surface area contributed by atoms with Crippen LogP contribution >= 0.6 is 0 Å². The molecule has 0 aliphatic carbocycles. The van der Waals surface area contributed by atoms with Gasteiger partial charge in [0.1, 0.15) is 0 Å². The maximum absolute atomic E-state index is 12.5. The number of benzene rings is 1. The molecule has 6 nitrogen and oxygen atoms in total. The number of hydrogen-bond donors (Lipinski definition) is 0. The Morgan fingerprint density at radius 2 is 1.85 bits per heavy atom. The zero-order chi connectivity index (χ0) is 18.2. The van der Waals surface area contributed by atoms with Crippen LogP contribution in [0.1, 0.15) is 23.0 Å². The highest BCUT2D eigenvalue weighted by Crippen LogP contribution is 2.10. The molecule has 1 saturated heterocycles. The lowest BCUT2D eigenvalue weighted by atomic mass is 10.2. The van der Waals surface area contributed by atoms with E-state index in [2.05, 4.69) is 39.4 Å². The smallest absolute Gasteiger partial charge is 0.274 e. The van der Waals surface area contributed by atoms with E-state index in [0.29, 0.717) is 31.3 Å². The van der Waals surface area contributed by atoms with E-state index < -0.39 is 0 Å². The summed E-state index contributed by atoms with van der Waals surface area (Å²) in [7, 11) is 0. The summed E-state index contributed by atoms with van der Waals surface area (Å²) >= 11 is 0. The van der Waals surface area contributed by atoms with Crippen LogP contribution in [-0.2, 0) is 0 Å². The van der Waals surface area contributed by atoms with Gasteiger partial charge >= 0.3 is 0 Å². The lowest BCUT2D eigenvalue weighted by Crippen LogP contribution is -2.48. The van der Waals surface area contributed by atoms with Crippen molar-refractivity contribution in [3.8, 4) is 5.88 Å². The predicted molar refractivity (Wildman–Crippen MR) is 101 cm³/mol. The summed E-state index contributed by atoms with van der Waals surface area (Å²) < 4.78 is 5.26. The minimum absolute atomic E-state index is 0.0694. The van der Waals surface area contributed by atoms with Gasteiger partial charge in [-0.25, -0.2) is 0 Å². The molecule has 0 unspecified atom stereocenters. The number of carbonyl (C=O) groups is 1. The Morgan fingerprint density at radius 1 is 1.08 bits per heavy atom.